The van der Waals surface area contributed by atoms with Crippen molar-refractivity contribution in [2.45, 2.75) is 84.5 Å². The summed E-state index contributed by atoms with van der Waals surface area (Å²) in [5.74, 6) is 13.8. The fraction of sp³-hybridized carbons (Fsp3) is 0.394. The second-order valence-corrected chi connectivity index (χ2v) is 9.82. The van der Waals surface area contributed by atoms with Gasteiger partial charge in [-0.25, -0.2) is 0 Å². The van der Waals surface area contributed by atoms with Crippen molar-refractivity contribution in [2.24, 2.45) is 0 Å². The minimum absolute atomic E-state index is 0.0472. The van der Waals surface area contributed by atoms with Crippen molar-refractivity contribution in [1.82, 2.24) is 0 Å². The molecule has 0 N–H and O–H groups in total. The lowest BCUT2D eigenvalue weighted by atomic mass is 9.72. The van der Waals surface area contributed by atoms with Gasteiger partial charge in [0, 0.05) is 29.4 Å². The molecule has 0 atom stereocenters. The normalized spacial score (nSPS) is 13.5. The van der Waals surface area contributed by atoms with Crippen LogP contribution in [-0.2, 0) is 11.8 Å². The molecule has 0 aromatic heterocycles. The molecular weight excluding hydrogens is 396 g/mol. The molecule has 4 rings (SSSR count). The monoisotopic (exact) mass is 432 g/mol. The van der Waals surface area contributed by atoms with E-state index in [4.69, 9.17) is 0 Å². The number of hydrogen-bond donors (Lipinski definition) is 0. The van der Waals surface area contributed by atoms with Crippen LogP contribution in [0.2, 0.25) is 0 Å². The van der Waals surface area contributed by atoms with Gasteiger partial charge in [0.15, 0.2) is 0 Å². The Morgan fingerprint density at radius 1 is 0.879 bits per heavy atom. The standard InChI is InChI=1S/C33H36/c1-5-7-9-11-15-25-19-21-29-27(23-25)24-31-30(29)22-20-26(16-12-10-8-6-2)32(31)33(3,4)28-17-13-14-18-28/h13-14,17,19-23H,5-10,18,24H2,1-4H3. The second-order valence-electron chi connectivity index (χ2n) is 9.82. The molecule has 0 saturated heterocycles. The number of fused-ring (bicyclic) bond motifs is 3. The van der Waals surface area contributed by atoms with Gasteiger partial charge in [-0.15, -0.1) is 0 Å². The topological polar surface area (TPSA) is 0 Å². The molecule has 33 heavy (non-hydrogen) atoms. The van der Waals surface area contributed by atoms with Crippen LogP contribution in [0, 0.1) is 23.7 Å². The number of rotatable bonds is 6. The zero-order valence-corrected chi connectivity index (χ0v) is 20.8. The highest BCUT2D eigenvalue weighted by atomic mass is 14.4. The maximum absolute atomic E-state index is 3.57. The number of hydrogen-bond acceptors (Lipinski definition) is 0. The van der Waals surface area contributed by atoms with E-state index in [2.05, 4.69) is 99.9 Å². The highest BCUT2D eigenvalue weighted by molar-refractivity contribution is 5.81. The van der Waals surface area contributed by atoms with Crippen LogP contribution in [0.4, 0.5) is 0 Å². The molecule has 2 aliphatic rings. The Morgan fingerprint density at radius 3 is 2.30 bits per heavy atom. The molecule has 0 radical (unpaired) electrons. The smallest absolute Gasteiger partial charge is 0.0289 e. The van der Waals surface area contributed by atoms with Crippen LogP contribution in [0.15, 0.2) is 54.1 Å². The first-order chi connectivity index (χ1) is 16.1. The zero-order chi connectivity index (χ0) is 23.3. The number of benzene rings is 2. The van der Waals surface area contributed by atoms with Crippen LogP contribution in [-0.4, -0.2) is 0 Å². The third-order valence-corrected chi connectivity index (χ3v) is 7.04. The SMILES string of the molecule is CCCCC#Cc1ccc2c(c1)Cc1c-2ccc(C#CCCCC)c1C(C)(C)C1=CC=CC1. The summed E-state index contributed by atoms with van der Waals surface area (Å²) < 4.78 is 0. The fourth-order valence-corrected chi connectivity index (χ4v) is 5.10. The summed E-state index contributed by atoms with van der Waals surface area (Å²) in [5.41, 5.74) is 10.8. The Kier molecular flexibility index (Phi) is 7.26. The molecule has 0 heterocycles. The second kappa shape index (κ2) is 10.3. The highest BCUT2D eigenvalue weighted by Crippen LogP contribution is 2.46. The minimum atomic E-state index is -0.0472. The Morgan fingerprint density at radius 2 is 1.61 bits per heavy atom. The molecule has 0 spiro atoms. The molecule has 2 aromatic carbocycles. The van der Waals surface area contributed by atoms with Crippen LogP contribution in [0.1, 0.15) is 100 Å². The summed E-state index contributed by atoms with van der Waals surface area (Å²) in [7, 11) is 0. The summed E-state index contributed by atoms with van der Waals surface area (Å²) >= 11 is 0. The van der Waals surface area contributed by atoms with E-state index in [0.717, 1.165) is 31.2 Å². The average molecular weight is 433 g/mol. The molecule has 0 heteroatoms. The van der Waals surface area contributed by atoms with Crippen LogP contribution >= 0.6 is 0 Å². The molecule has 0 nitrogen and oxygen atoms in total. The predicted molar refractivity (Wildman–Crippen MR) is 142 cm³/mol. The number of unbranched alkanes of at least 4 members (excludes halogenated alkanes) is 4. The Labute approximate surface area is 201 Å². The Balaban J connectivity index is 1.76. The molecule has 2 aliphatic carbocycles. The van der Waals surface area contributed by atoms with Gasteiger partial charge < -0.3 is 0 Å². The van der Waals surface area contributed by atoms with Crippen molar-refractivity contribution in [1.29, 1.82) is 0 Å². The maximum Gasteiger partial charge on any atom is 0.0289 e. The first kappa shape index (κ1) is 23.2. The summed E-state index contributed by atoms with van der Waals surface area (Å²) in [5, 5.41) is 0. The lowest BCUT2D eigenvalue weighted by molar-refractivity contribution is 0.606. The highest BCUT2D eigenvalue weighted by Gasteiger charge is 2.34. The van der Waals surface area contributed by atoms with E-state index in [1.807, 2.05) is 0 Å². The van der Waals surface area contributed by atoms with Crippen molar-refractivity contribution in [3.05, 3.63) is 82.0 Å². The quantitative estimate of drug-likeness (QED) is 0.270. The van der Waals surface area contributed by atoms with Gasteiger partial charge in [0.2, 0.25) is 0 Å². The number of allylic oxidation sites excluding steroid dienone is 4. The third-order valence-electron chi connectivity index (χ3n) is 7.04. The fourth-order valence-electron chi connectivity index (χ4n) is 5.10. The summed E-state index contributed by atoms with van der Waals surface area (Å²) in [6.07, 6.45) is 15.5. The summed E-state index contributed by atoms with van der Waals surface area (Å²) in [6, 6.07) is 11.4. The van der Waals surface area contributed by atoms with Gasteiger partial charge in [-0.05, 0) is 71.7 Å². The summed E-state index contributed by atoms with van der Waals surface area (Å²) in [4.78, 5) is 0. The van der Waals surface area contributed by atoms with Gasteiger partial charge in [-0.1, -0.05) is 100 Å². The van der Waals surface area contributed by atoms with Gasteiger partial charge in [-0.2, -0.15) is 0 Å². The van der Waals surface area contributed by atoms with Crippen LogP contribution in [0.3, 0.4) is 0 Å². The Hall–Kier alpha value is -2.96. The van der Waals surface area contributed by atoms with Gasteiger partial charge in [0.25, 0.3) is 0 Å². The molecular formula is C33H36. The van der Waals surface area contributed by atoms with Crippen LogP contribution < -0.4 is 0 Å². The van der Waals surface area contributed by atoms with E-state index in [9.17, 15) is 0 Å². The maximum atomic E-state index is 3.57. The van der Waals surface area contributed by atoms with Crippen molar-refractivity contribution < 1.29 is 0 Å². The van der Waals surface area contributed by atoms with Gasteiger partial charge in [0.1, 0.15) is 0 Å². The van der Waals surface area contributed by atoms with Crippen LogP contribution in [0.5, 0.6) is 0 Å². The van der Waals surface area contributed by atoms with E-state index in [1.165, 1.54) is 64.6 Å². The first-order valence-corrected chi connectivity index (χ1v) is 12.7. The zero-order valence-electron chi connectivity index (χ0n) is 20.8. The molecule has 0 aliphatic heterocycles. The molecule has 2 aromatic rings. The van der Waals surface area contributed by atoms with Crippen LogP contribution in [0.25, 0.3) is 11.1 Å². The van der Waals surface area contributed by atoms with E-state index < -0.39 is 0 Å². The molecule has 0 saturated carbocycles. The first-order valence-electron chi connectivity index (χ1n) is 12.7. The van der Waals surface area contributed by atoms with Crippen molar-refractivity contribution >= 4 is 0 Å². The minimum Gasteiger partial charge on any atom is -0.0979 e. The van der Waals surface area contributed by atoms with E-state index >= 15 is 0 Å². The van der Waals surface area contributed by atoms with Gasteiger partial charge in [0.05, 0.1) is 0 Å². The van der Waals surface area contributed by atoms with E-state index in [1.54, 1.807) is 0 Å². The summed E-state index contributed by atoms with van der Waals surface area (Å²) in [6.45, 7) is 9.21. The van der Waals surface area contributed by atoms with Crippen molar-refractivity contribution in [3.63, 3.8) is 0 Å². The largest absolute Gasteiger partial charge is 0.0979 e. The average Bonchev–Trinajstić information content (AvgIpc) is 3.47. The lowest BCUT2D eigenvalue weighted by Gasteiger charge is -2.31. The molecule has 0 amide bonds. The molecule has 0 unspecified atom stereocenters. The predicted octanol–water partition coefficient (Wildman–Crippen LogP) is 8.51. The Bertz CT molecular complexity index is 1210. The van der Waals surface area contributed by atoms with Gasteiger partial charge >= 0.3 is 0 Å². The molecule has 0 fully saturated rings. The van der Waals surface area contributed by atoms with E-state index in [0.29, 0.717) is 0 Å². The van der Waals surface area contributed by atoms with E-state index in [-0.39, 0.29) is 5.41 Å². The third kappa shape index (κ3) is 4.87. The van der Waals surface area contributed by atoms with Crippen molar-refractivity contribution in [3.8, 4) is 34.8 Å². The molecule has 168 valence electrons. The molecule has 0 bridgehead atoms. The van der Waals surface area contributed by atoms with Gasteiger partial charge in [-0.3, -0.25) is 0 Å². The lowest BCUT2D eigenvalue weighted by Crippen LogP contribution is -2.23. The van der Waals surface area contributed by atoms with Crippen molar-refractivity contribution in [2.75, 3.05) is 0 Å².